The van der Waals surface area contributed by atoms with Gasteiger partial charge in [0, 0.05) is 11.3 Å². The largest absolute Gasteiger partial charge is 0.481 e. The van der Waals surface area contributed by atoms with Crippen molar-refractivity contribution in [3.63, 3.8) is 0 Å². The Morgan fingerprint density at radius 2 is 1.78 bits per heavy atom. The number of hydrogen-bond acceptors (Lipinski definition) is 6. The van der Waals surface area contributed by atoms with Gasteiger partial charge in [0.05, 0.1) is 19.4 Å². The molecule has 0 aromatic heterocycles. The van der Waals surface area contributed by atoms with Crippen molar-refractivity contribution in [2.45, 2.75) is 64.6 Å². The fraction of sp³-hybridized carbons (Fsp3) is 0.737. The van der Waals surface area contributed by atoms with Crippen molar-refractivity contribution >= 4 is 17.9 Å². The highest BCUT2D eigenvalue weighted by Gasteiger charge is 2.67. The van der Waals surface area contributed by atoms with E-state index in [4.69, 9.17) is 9.84 Å². The Kier molecular flexibility index (Phi) is 5.73. The van der Waals surface area contributed by atoms with Crippen LogP contribution in [0.25, 0.3) is 0 Å². The molecule has 0 aromatic rings. The number of carboxylic acids is 2. The topological polar surface area (TPSA) is 141 Å². The Balaban J connectivity index is 2.51. The summed E-state index contributed by atoms with van der Waals surface area (Å²) in [5.74, 6) is -3.78. The summed E-state index contributed by atoms with van der Waals surface area (Å²) in [5.41, 5.74) is -3.98. The molecule has 0 aliphatic heterocycles. The van der Waals surface area contributed by atoms with Gasteiger partial charge in [0.2, 0.25) is 0 Å². The van der Waals surface area contributed by atoms with E-state index in [0.29, 0.717) is 12.8 Å². The van der Waals surface area contributed by atoms with Crippen LogP contribution in [0.15, 0.2) is 11.6 Å². The van der Waals surface area contributed by atoms with Crippen molar-refractivity contribution < 1.29 is 39.5 Å². The Bertz CT molecular complexity index is 667. The van der Waals surface area contributed by atoms with Gasteiger partial charge in [-0.15, -0.1) is 0 Å². The zero-order valence-electron chi connectivity index (χ0n) is 15.9. The zero-order valence-corrected chi connectivity index (χ0v) is 15.9. The average molecular weight is 384 g/mol. The Morgan fingerprint density at radius 3 is 2.30 bits per heavy atom. The highest BCUT2D eigenvalue weighted by atomic mass is 16.5. The molecule has 1 fully saturated rings. The van der Waals surface area contributed by atoms with E-state index >= 15 is 0 Å². The fourth-order valence-corrected chi connectivity index (χ4v) is 5.15. The third-order valence-corrected chi connectivity index (χ3v) is 6.32. The molecule has 2 rings (SSSR count). The summed E-state index contributed by atoms with van der Waals surface area (Å²) in [4.78, 5) is 34.9. The lowest BCUT2D eigenvalue weighted by Crippen LogP contribution is -2.67. The molecule has 8 nitrogen and oxygen atoms in total. The molecule has 0 spiro atoms. The molecule has 4 N–H and O–H groups in total. The number of fused-ring (bicyclic) bond motifs is 1. The van der Waals surface area contributed by atoms with Gasteiger partial charge in [-0.3, -0.25) is 9.59 Å². The van der Waals surface area contributed by atoms with Crippen molar-refractivity contribution in [3.05, 3.63) is 11.6 Å². The standard InChI is InChI=1S/C19H28O8/c1-17(2)7-4-8-18(3)15(17)12(27-14(23)6-5-13(21)22)9-11(10-20)19(18,26)16(24)25/h9,12,15,20,26H,4-8,10H2,1-3H3,(H,21,22)(H,24,25). The van der Waals surface area contributed by atoms with Crippen LogP contribution in [-0.4, -0.2) is 56.6 Å². The predicted octanol–water partition coefficient (Wildman–Crippen LogP) is 1.34. The molecule has 2 aliphatic rings. The lowest BCUT2D eigenvalue weighted by molar-refractivity contribution is -0.205. The molecular formula is C19H28O8. The molecule has 8 heteroatoms. The van der Waals surface area contributed by atoms with E-state index in [2.05, 4.69) is 0 Å². The maximum atomic E-state index is 12.1. The van der Waals surface area contributed by atoms with Gasteiger partial charge in [-0.2, -0.15) is 0 Å². The van der Waals surface area contributed by atoms with Gasteiger partial charge >= 0.3 is 17.9 Å². The third kappa shape index (κ3) is 3.48. The molecule has 4 atom stereocenters. The second-order valence-corrected chi connectivity index (χ2v) is 8.45. The molecule has 0 radical (unpaired) electrons. The summed E-state index contributed by atoms with van der Waals surface area (Å²) in [7, 11) is 0. The normalized spacial score (nSPS) is 34.9. The monoisotopic (exact) mass is 384 g/mol. The molecule has 27 heavy (non-hydrogen) atoms. The van der Waals surface area contributed by atoms with Crippen LogP contribution < -0.4 is 0 Å². The van der Waals surface area contributed by atoms with E-state index in [1.807, 2.05) is 13.8 Å². The van der Waals surface area contributed by atoms with Crippen LogP contribution in [0.5, 0.6) is 0 Å². The second-order valence-electron chi connectivity index (χ2n) is 8.45. The Labute approximate surface area is 157 Å². The number of carboxylic acid groups (broad SMARTS) is 2. The van der Waals surface area contributed by atoms with E-state index in [9.17, 15) is 29.7 Å². The lowest BCUT2D eigenvalue weighted by atomic mass is 9.46. The van der Waals surface area contributed by atoms with E-state index in [0.717, 1.165) is 6.42 Å². The molecule has 0 saturated heterocycles. The van der Waals surface area contributed by atoms with Crippen LogP contribution >= 0.6 is 0 Å². The number of hydrogen-bond donors (Lipinski definition) is 4. The van der Waals surface area contributed by atoms with Gasteiger partial charge in [-0.1, -0.05) is 27.2 Å². The second kappa shape index (κ2) is 7.24. The number of carbonyl (C=O) groups is 3. The van der Waals surface area contributed by atoms with Crippen LogP contribution in [0.4, 0.5) is 0 Å². The van der Waals surface area contributed by atoms with Crippen molar-refractivity contribution in [2.75, 3.05) is 6.61 Å². The summed E-state index contributed by atoms with van der Waals surface area (Å²) >= 11 is 0. The van der Waals surface area contributed by atoms with Crippen LogP contribution in [0.3, 0.4) is 0 Å². The first kappa shape index (κ1) is 21.4. The Hall–Kier alpha value is -1.93. The van der Waals surface area contributed by atoms with Gasteiger partial charge < -0.3 is 25.2 Å². The van der Waals surface area contributed by atoms with Crippen LogP contribution in [0.1, 0.15) is 52.9 Å². The van der Waals surface area contributed by atoms with Crippen LogP contribution in [0.2, 0.25) is 0 Å². The summed E-state index contributed by atoms with van der Waals surface area (Å²) in [5, 5.41) is 39.5. The number of rotatable bonds is 6. The summed E-state index contributed by atoms with van der Waals surface area (Å²) < 4.78 is 5.52. The molecule has 1 saturated carbocycles. The average Bonchev–Trinajstić information content (AvgIpc) is 2.54. The Morgan fingerprint density at radius 1 is 1.15 bits per heavy atom. The first-order chi connectivity index (χ1) is 12.4. The minimum atomic E-state index is -2.27. The lowest BCUT2D eigenvalue weighted by Gasteiger charge is -2.60. The smallest absolute Gasteiger partial charge is 0.340 e. The van der Waals surface area contributed by atoms with Crippen molar-refractivity contribution in [2.24, 2.45) is 16.7 Å². The van der Waals surface area contributed by atoms with Crippen molar-refractivity contribution in [3.8, 4) is 0 Å². The molecule has 152 valence electrons. The highest BCUT2D eigenvalue weighted by Crippen LogP contribution is 2.61. The zero-order chi connectivity index (χ0) is 20.6. The molecule has 0 bridgehead atoms. The first-order valence-electron chi connectivity index (χ1n) is 9.09. The number of aliphatic hydroxyl groups is 2. The van der Waals surface area contributed by atoms with Crippen LogP contribution in [0, 0.1) is 16.7 Å². The van der Waals surface area contributed by atoms with Gasteiger partial charge in [0.15, 0.2) is 5.60 Å². The molecule has 0 heterocycles. The van der Waals surface area contributed by atoms with E-state index in [1.165, 1.54) is 6.08 Å². The van der Waals surface area contributed by atoms with Crippen molar-refractivity contribution in [1.82, 2.24) is 0 Å². The van der Waals surface area contributed by atoms with Gasteiger partial charge in [0.1, 0.15) is 6.10 Å². The van der Waals surface area contributed by atoms with Gasteiger partial charge in [-0.25, -0.2) is 4.79 Å². The van der Waals surface area contributed by atoms with Gasteiger partial charge in [0.25, 0.3) is 0 Å². The van der Waals surface area contributed by atoms with E-state index in [-0.39, 0.29) is 18.4 Å². The number of esters is 1. The predicted molar refractivity (Wildman–Crippen MR) is 93.7 cm³/mol. The highest BCUT2D eigenvalue weighted by molar-refractivity contribution is 5.84. The first-order valence-corrected chi connectivity index (χ1v) is 9.09. The fourth-order valence-electron chi connectivity index (χ4n) is 5.15. The third-order valence-electron chi connectivity index (χ3n) is 6.32. The number of ether oxygens (including phenoxy) is 1. The molecule has 4 unspecified atom stereocenters. The summed E-state index contributed by atoms with van der Waals surface area (Å²) in [6.45, 7) is 4.85. The molecular weight excluding hydrogens is 356 g/mol. The van der Waals surface area contributed by atoms with E-state index in [1.54, 1.807) is 6.92 Å². The number of carbonyl (C=O) groups excluding carboxylic acids is 1. The van der Waals surface area contributed by atoms with Crippen molar-refractivity contribution in [1.29, 1.82) is 0 Å². The molecule has 2 aliphatic carbocycles. The molecule has 0 amide bonds. The minimum absolute atomic E-state index is 0.109. The summed E-state index contributed by atoms with van der Waals surface area (Å²) in [6.07, 6.45) is 1.64. The maximum Gasteiger partial charge on any atom is 0.340 e. The van der Waals surface area contributed by atoms with Crippen LogP contribution in [-0.2, 0) is 19.1 Å². The minimum Gasteiger partial charge on any atom is -0.481 e. The number of aliphatic carboxylic acids is 2. The number of aliphatic hydroxyl groups excluding tert-OH is 1. The molecule has 0 aromatic carbocycles. The SMILES string of the molecule is CC1(C)CCCC2(C)C1C(OC(=O)CCC(=O)O)C=C(CO)C2(O)C(=O)O. The summed E-state index contributed by atoms with van der Waals surface area (Å²) in [6, 6.07) is 0. The van der Waals surface area contributed by atoms with E-state index < -0.39 is 53.0 Å². The quantitative estimate of drug-likeness (QED) is 0.397. The van der Waals surface area contributed by atoms with Gasteiger partial charge in [-0.05, 0) is 29.9 Å². The maximum absolute atomic E-state index is 12.1.